The minimum Gasteiger partial charge on any atom is -0.493 e. The van der Waals surface area contributed by atoms with Gasteiger partial charge in [0.1, 0.15) is 22.5 Å². The highest BCUT2D eigenvalue weighted by atomic mass is 32.1. The van der Waals surface area contributed by atoms with Crippen LogP contribution >= 0.6 is 25.1 Å². The fraction of sp³-hybridized carbons (Fsp3) is 0.417. The first-order valence-corrected chi connectivity index (χ1v) is 11.5. The Kier molecular flexibility index (Phi) is 16.1. The maximum absolute atomic E-state index is 10.9. The third kappa shape index (κ3) is 12.4. The van der Waals surface area contributed by atoms with E-state index in [1.54, 1.807) is 6.07 Å². The molecule has 0 aliphatic rings. The van der Waals surface area contributed by atoms with Gasteiger partial charge in [0.2, 0.25) is 5.75 Å². The topological polar surface area (TPSA) is 110 Å². The van der Waals surface area contributed by atoms with E-state index in [4.69, 9.17) is 32.2 Å². The quantitative estimate of drug-likeness (QED) is 0.221. The van der Waals surface area contributed by atoms with Gasteiger partial charge in [-0.1, -0.05) is 58.1 Å². The molecule has 10 heteroatoms. The molecular weight excluding hydrogens is 476 g/mol. The Balaban J connectivity index is 0.000000506. The average Bonchev–Trinajstić information content (AvgIpc) is 2.83. The second-order valence-electron chi connectivity index (χ2n) is 7.09. The predicted molar refractivity (Wildman–Crippen MR) is 139 cm³/mol. The molecule has 1 atom stereocenters. The molecule has 0 spiro atoms. The summed E-state index contributed by atoms with van der Waals surface area (Å²) in [5.74, 6) is 1.14. The fourth-order valence-electron chi connectivity index (χ4n) is 2.43. The Morgan fingerprint density at radius 1 is 1.15 bits per heavy atom. The Labute approximate surface area is 212 Å². The van der Waals surface area contributed by atoms with E-state index < -0.39 is 5.97 Å². The van der Waals surface area contributed by atoms with Gasteiger partial charge in [0, 0.05) is 38.5 Å². The summed E-state index contributed by atoms with van der Waals surface area (Å²) in [7, 11) is 1.45. The number of thiol groups is 1. The molecule has 0 fully saturated rings. The second kappa shape index (κ2) is 17.6. The third-order valence-electron chi connectivity index (χ3n) is 4.13. The van der Waals surface area contributed by atoms with Crippen molar-refractivity contribution in [3.63, 3.8) is 0 Å². The van der Waals surface area contributed by atoms with Gasteiger partial charge < -0.3 is 24.1 Å². The van der Waals surface area contributed by atoms with Crippen LogP contribution in [-0.4, -0.2) is 35.1 Å². The standard InChI is InChI=1S/C9H10N2O3S.C9H18O2.C6H6OS/c1-5(12)14-8-6(13-2)3-4-11-7(8)9(10)15;1-5-8(7(3)4)11-9(10)6-2;8-7-6-4-2-1-3-5-6/h3-4H,1-2H3,(H2,10,15);7-8H,5-6H2,1-4H3;1-5,8H. The zero-order valence-corrected chi connectivity index (χ0v) is 22.2. The zero-order valence-electron chi connectivity index (χ0n) is 20.4. The van der Waals surface area contributed by atoms with Crippen LogP contribution in [0.1, 0.15) is 53.2 Å². The number of carbonyl (C=O) groups excluding carboxylic acids is 2. The fourth-order valence-corrected chi connectivity index (χ4v) is 2.70. The number of esters is 2. The first kappa shape index (κ1) is 31.1. The molecular formula is C24H34N2O6S2. The van der Waals surface area contributed by atoms with Crippen molar-refractivity contribution >= 4 is 42.1 Å². The maximum atomic E-state index is 10.9. The largest absolute Gasteiger partial charge is 0.493 e. The van der Waals surface area contributed by atoms with Crippen molar-refractivity contribution in [2.75, 3.05) is 7.11 Å². The highest BCUT2D eigenvalue weighted by Crippen LogP contribution is 2.29. The van der Waals surface area contributed by atoms with Gasteiger partial charge in [-0.05, 0) is 24.5 Å². The molecule has 2 rings (SSSR count). The van der Waals surface area contributed by atoms with E-state index in [-0.39, 0.29) is 28.5 Å². The molecule has 1 unspecified atom stereocenters. The molecule has 0 bridgehead atoms. The first-order valence-electron chi connectivity index (χ1n) is 10.7. The van der Waals surface area contributed by atoms with Gasteiger partial charge in [-0.3, -0.25) is 9.59 Å². The number of thiocarbonyl (C=S) groups is 1. The molecule has 1 aromatic heterocycles. The van der Waals surface area contributed by atoms with Crippen LogP contribution in [0.15, 0.2) is 42.6 Å². The van der Waals surface area contributed by atoms with Gasteiger partial charge in [0.05, 0.1) is 7.11 Å². The number of benzene rings is 1. The van der Waals surface area contributed by atoms with Crippen LogP contribution < -0.4 is 19.4 Å². The van der Waals surface area contributed by atoms with E-state index in [2.05, 4.69) is 35.9 Å². The van der Waals surface area contributed by atoms with E-state index in [1.165, 1.54) is 20.2 Å². The first-order chi connectivity index (χ1) is 16.1. The van der Waals surface area contributed by atoms with Crippen LogP contribution in [0.3, 0.4) is 0 Å². The van der Waals surface area contributed by atoms with Crippen molar-refractivity contribution in [2.24, 2.45) is 11.7 Å². The molecule has 8 nitrogen and oxygen atoms in total. The van der Waals surface area contributed by atoms with E-state index in [1.807, 2.05) is 44.2 Å². The van der Waals surface area contributed by atoms with Gasteiger partial charge in [-0.15, -0.1) is 0 Å². The lowest BCUT2D eigenvalue weighted by Gasteiger charge is -2.18. The molecule has 0 saturated carbocycles. The maximum Gasteiger partial charge on any atom is 0.308 e. The number of pyridine rings is 1. The summed E-state index contributed by atoms with van der Waals surface area (Å²) >= 11 is 8.39. The Bertz CT molecular complexity index is 894. The molecule has 2 aromatic rings. The SMILES string of the molecule is CCC(=O)OC(CC)C(C)C.COc1ccnc(C(N)=S)c1OC(C)=O.SOc1ccccc1. The number of methoxy groups -OCH3 is 1. The van der Waals surface area contributed by atoms with Gasteiger partial charge >= 0.3 is 11.9 Å². The molecule has 1 aromatic carbocycles. The summed E-state index contributed by atoms with van der Waals surface area (Å²) in [5.41, 5.74) is 5.67. The molecule has 0 aliphatic carbocycles. The van der Waals surface area contributed by atoms with Crippen LogP contribution in [0.25, 0.3) is 0 Å². The average molecular weight is 511 g/mol. The molecule has 2 N–H and O–H groups in total. The number of hydrogen-bond acceptors (Lipinski definition) is 9. The Morgan fingerprint density at radius 3 is 2.15 bits per heavy atom. The number of rotatable bonds is 8. The number of nitrogens with two attached hydrogens (primary N) is 1. The highest BCUT2D eigenvalue weighted by Gasteiger charge is 2.16. The second-order valence-corrected chi connectivity index (χ2v) is 7.71. The van der Waals surface area contributed by atoms with Crippen molar-refractivity contribution in [2.45, 2.75) is 53.6 Å². The number of para-hydroxylation sites is 1. The van der Waals surface area contributed by atoms with Crippen molar-refractivity contribution in [1.82, 2.24) is 4.98 Å². The highest BCUT2D eigenvalue weighted by molar-refractivity contribution is 7.80. The van der Waals surface area contributed by atoms with Gasteiger partial charge in [0.25, 0.3) is 0 Å². The van der Waals surface area contributed by atoms with Crippen molar-refractivity contribution in [1.29, 1.82) is 0 Å². The zero-order chi connectivity index (χ0) is 26.1. The van der Waals surface area contributed by atoms with Gasteiger partial charge in [-0.25, -0.2) is 4.98 Å². The van der Waals surface area contributed by atoms with Crippen molar-refractivity contribution in [3.05, 3.63) is 48.3 Å². The van der Waals surface area contributed by atoms with E-state index in [9.17, 15) is 9.59 Å². The number of ether oxygens (including phenoxy) is 3. The van der Waals surface area contributed by atoms with Crippen LogP contribution in [0.4, 0.5) is 0 Å². The van der Waals surface area contributed by atoms with Crippen LogP contribution in [0.5, 0.6) is 17.2 Å². The monoisotopic (exact) mass is 510 g/mol. The van der Waals surface area contributed by atoms with Crippen LogP contribution in [-0.2, 0) is 14.3 Å². The number of nitrogens with zero attached hydrogens (tertiary/aromatic N) is 1. The van der Waals surface area contributed by atoms with E-state index >= 15 is 0 Å². The molecule has 1 heterocycles. The number of aromatic nitrogens is 1. The lowest BCUT2D eigenvalue weighted by atomic mass is 10.1. The molecule has 0 aliphatic heterocycles. The summed E-state index contributed by atoms with van der Waals surface area (Å²) in [6, 6.07) is 11.0. The Morgan fingerprint density at radius 2 is 1.76 bits per heavy atom. The van der Waals surface area contributed by atoms with Crippen LogP contribution in [0.2, 0.25) is 0 Å². The van der Waals surface area contributed by atoms with Crippen molar-refractivity contribution in [3.8, 4) is 17.2 Å². The van der Waals surface area contributed by atoms with Gasteiger partial charge in [0.15, 0.2) is 5.75 Å². The van der Waals surface area contributed by atoms with E-state index in [0.29, 0.717) is 18.1 Å². The summed E-state index contributed by atoms with van der Waals surface area (Å²) in [6.45, 7) is 9.26. The molecule has 0 radical (unpaired) electrons. The normalized spacial score (nSPS) is 10.5. The Hall–Kier alpha value is -2.85. The minimum absolute atomic E-state index is 0.0464. The summed E-state index contributed by atoms with van der Waals surface area (Å²) < 4.78 is 19.7. The summed E-state index contributed by atoms with van der Waals surface area (Å²) in [6.07, 6.45) is 2.95. The molecule has 188 valence electrons. The molecule has 0 amide bonds. The minimum atomic E-state index is -0.487. The molecule has 0 saturated heterocycles. The smallest absolute Gasteiger partial charge is 0.308 e. The third-order valence-corrected chi connectivity index (χ3v) is 4.54. The predicted octanol–water partition coefficient (Wildman–Crippen LogP) is 4.93. The lowest BCUT2D eigenvalue weighted by molar-refractivity contribution is -0.151. The summed E-state index contributed by atoms with van der Waals surface area (Å²) in [5, 5.41) is 0. The number of hydrogen-bond donors (Lipinski definition) is 2. The van der Waals surface area contributed by atoms with E-state index in [0.717, 1.165) is 12.2 Å². The van der Waals surface area contributed by atoms with Gasteiger partial charge in [-0.2, -0.15) is 0 Å². The summed E-state index contributed by atoms with van der Waals surface area (Å²) in [4.78, 5) is 25.7. The molecule has 34 heavy (non-hydrogen) atoms. The number of carbonyl (C=O) groups is 2. The lowest BCUT2D eigenvalue weighted by Crippen LogP contribution is -2.22. The van der Waals surface area contributed by atoms with Crippen LogP contribution in [0, 0.1) is 5.92 Å². The van der Waals surface area contributed by atoms with Crippen molar-refractivity contribution < 1.29 is 28.0 Å².